The van der Waals surface area contributed by atoms with Gasteiger partial charge in [0, 0.05) is 32.3 Å². The Balaban J connectivity index is 1.53. The summed E-state index contributed by atoms with van der Waals surface area (Å²) >= 11 is 0. The van der Waals surface area contributed by atoms with Crippen LogP contribution in [0.4, 0.5) is 5.69 Å². The third kappa shape index (κ3) is 3.60. The molecule has 28 heavy (non-hydrogen) atoms. The summed E-state index contributed by atoms with van der Waals surface area (Å²) in [7, 11) is 1.98. The van der Waals surface area contributed by atoms with Gasteiger partial charge in [0.25, 0.3) is 0 Å². The predicted octanol–water partition coefficient (Wildman–Crippen LogP) is 2.97. The number of hydrogen-bond donors (Lipinski definition) is 1. The minimum absolute atomic E-state index is 0.0885. The fourth-order valence-corrected chi connectivity index (χ4v) is 4.87. The van der Waals surface area contributed by atoms with E-state index >= 15 is 0 Å². The van der Waals surface area contributed by atoms with Crippen LogP contribution < -0.4 is 5.32 Å². The number of carbonyl (C=O) groups excluding carboxylic acids is 1. The van der Waals surface area contributed by atoms with Gasteiger partial charge in [-0.3, -0.25) is 9.48 Å². The number of anilines is 1. The molecule has 1 aliphatic carbocycles. The zero-order valence-corrected chi connectivity index (χ0v) is 17.3. The van der Waals surface area contributed by atoms with Crippen LogP contribution in [0.15, 0.2) is 18.7 Å². The van der Waals surface area contributed by atoms with Crippen LogP contribution >= 0.6 is 0 Å². The fourth-order valence-electron chi connectivity index (χ4n) is 4.87. The summed E-state index contributed by atoms with van der Waals surface area (Å²) in [6.07, 6.45) is 11.5. The van der Waals surface area contributed by atoms with E-state index in [4.69, 9.17) is 0 Å². The first kappa shape index (κ1) is 19.2. The van der Waals surface area contributed by atoms with E-state index in [1.54, 1.807) is 0 Å². The van der Waals surface area contributed by atoms with Crippen molar-refractivity contribution in [1.29, 1.82) is 0 Å². The van der Waals surface area contributed by atoms with Gasteiger partial charge in [0.05, 0.1) is 41.6 Å². The maximum Gasteiger partial charge on any atom is 0.229 e. The van der Waals surface area contributed by atoms with Crippen LogP contribution in [0.3, 0.4) is 0 Å². The first-order valence-electron chi connectivity index (χ1n) is 10.7. The molecule has 1 saturated heterocycles. The molecule has 1 amide bonds. The van der Waals surface area contributed by atoms with Crippen LogP contribution in [-0.2, 0) is 18.3 Å². The zero-order chi connectivity index (χ0) is 19.7. The third-order valence-electron chi connectivity index (χ3n) is 6.45. The van der Waals surface area contributed by atoms with E-state index in [-0.39, 0.29) is 17.7 Å². The molecule has 2 aromatic heterocycles. The van der Waals surface area contributed by atoms with Crippen LogP contribution in [0.1, 0.15) is 62.9 Å². The van der Waals surface area contributed by atoms with E-state index in [9.17, 15) is 4.79 Å². The molecule has 0 spiro atoms. The number of amides is 1. The highest BCUT2D eigenvalue weighted by Crippen LogP contribution is 2.34. The number of nitrogens with zero attached hydrogens (tertiary/aromatic N) is 5. The van der Waals surface area contributed by atoms with Gasteiger partial charge in [0.1, 0.15) is 0 Å². The minimum atomic E-state index is -0.0885. The van der Waals surface area contributed by atoms with Crippen LogP contribution in [0, 0.1) is 5.92 Å². The van der Waals surface area contributed by atoms with Crippen LogP contribution in [-0.4, -0.2) is 49.8 Å². The van der Waals surface area contributed by atoms with E-state index in [1.165, 1.54) is 25.7 Å². The average molecular weight is 385 g/mol. The van der Waals surface area contributed by atoms with E-state index in [0.717, 1.165) is 43.1 Å². The van der Waals surface area contributed by atoms with E-state index < -0.39 is 0 Å². The van der Waals surface area contributed by atoms with Gasteiger partial charge in [-0.2, -0.15) is 5.10 Å². The van der Waals surface area contributed by atoms with E-state index in [0.29, 0.717) is 6.04 Å². The Labute approximate surface area is 167 Å². The van der Waals surface area contributed by atoms with Crippen molar-refractivity contribution in [3.8, 4) is 0 Å². The first-order valence-corrected chi connectivity index (χ1v) is 10.7. The van der Waals surface area contributed by atoms with Gasteiger partial charge >= 0.3 is 0 Å². The van der Waals surface area contributed by atoms with Gasteiger partial charge in [0.15, 0.2) is 0 Å². The minimum Gasteiger partial charge on any atom is -0.340 e. The van der Waals surface area contributed by atoms with Crippen molar-refractivity contribution in [2.24, 2.45) is 13.0 Å². The normalized spacial score (nSPS) is 23.5. The van der Waals surface area contributed by atoms with Crippen molar-refractivity contribution in [3.63, 3.8) is 0 Å². The largest absolute Gasteiger partial charge is 0.340 e. The highest BCUT2D eigenvalue weighted by Gasteiger charge is 2.39. The number of hydrogen-bond acceptors (Lipinski definition) is 4. The molecule has 2 atom stereocenters. The maximum absolute atomic E-state index is 13.3. The Morgan fingerprint density at radius 1 is 1.25 bits per heavy atom. The number of nitrogens with one attached hydrogen (secondary N) is 1. The molecule has 2 fully saturated rings. The number of aromatic nitrogens is 4. The topological polar surface area (TPSA) is 68.0 Å². The molecule has 1 saturated carbocycles. The zero-order valence-electron chi connectivity index (χ0n) is 17.3. The van der Waals surface area contributed by atoms with Gasteiger partial charge in [-0.25, -0.2) is 4.98 Å². The Morgan fingerprint density at radius 3 is 2.68 bits per heavy atom. The molecular formula is C21H32N6O. The monoisotopic (exact) mass is 384 g/mol. The number of likely N-dealkylation sites (N-methyl/N-ethyl adjacent to an activating group) is 1. The Morgan fingerprint density at radius 2 is 2.04 bits per heavy atom. The lowest BCUT2D eigenvalue weighted by atomic mass is 9.92. The fraction of sp³-hybridized carbons (Fsp3) is 0.667. The number of imidazole rings is 1. The molecule has 2 aliphatic rings. The molecule has 7 heteroatoms. The summed E-state index contributed by atoms with van der Waals surface area (Å²) in [5.74, 6) is 0.137. The number of carbonyl (C=O) groups is 1. The lowest BCUT2D eigenvalue weighted by Gasteiger charge is -2.18. The predicted molar refractivity (Wildman–Crippen MR) is 109 cm³/mol. The van der Waals surface area contributed by atoms with Crippen molar-refractivity contribution in [2.75, 3.05) is 25.0 Å². The quantitative estimate of drug-likeness (QED) is 0.831. The Bertz CT molecular complexity index is 819. The molecular weight excluding hydrogens is 352 g/mol. The summed E-state index contributed by atoms with van der Waals surface area (Å²) in [5, 5.41) is 7.85. The van der Waals surface area contributed by atoms with Crippen molar-refractivity contribution in [1.82, 2.24) is 24.2 Å². The highest BCUT2D eigenvalue weighted by molar-refractivity contribution is 5.94. The average Bonchev–Trinajstić information content (AvgIpc) is 3.46. The van der Waals surface area contributed by atoms with Gasteiger partial charge in [-0.15, -0.1) is 0 Å². The summed E-state index contributed by atoms with van der Waals surface area (Å²) in [4.78, 5) is 20.1. The molecule has 3 heterocycles. The van der Waals surface area contributed by atoms with Gasteiger partial charge in [0.2, 0.25) is 5.91 Å². The lowest BCUT2D eigenvalue weighted by Crippen LogP contribution is -2.29. The second-order valence-electron chi connectivity index (χ2n) is 8.26. The summed E-state index contributed by atoms with van der Waals surface area (Å²) in [5.41, 5.74) is 3.05. The molecule has 152 valence electrons. The summed E-state index contributed by atoms with van der Waals surface area (Å²) in [6, 6.07) is 0.490. The Hall–Kier alpha value is -2.15. The second-order valence-corrected chi connectivity index (χ2v) is 8.26. The summed E-state index contributed by atoms with van der Waals surface area (Å²) in [6.45, 7) is 6.90. The number of rotatable bonds is 6. The standard InChI is InChI=1S/C21H32N6O/c1-4-20-18(10-23-27(20)15-8-6-7-9-15)24-21(28)17-12-26(5-2)11-16(17)19-13-25(3)14-22-19/h10,13-17H,4-9,11-12H2,1-3H3,(H,24,28)/t16-,17-/m1/s1. The molecule has 1 aliphatic heterocycles. The van der Waals surface area contributed by atoms with Gasteiger partial charge in [-0.1, -0.05) is 26.7 Å². The summed E-state index contributed by atoms with van der Waals surface area (Å²) < 4.78 is 4.12. The number of likely N-dealkylation sites (tertiary alicyclic amines) is 1. The second kappa shape index (κ2) is 8.07. The molecule has 0 bridgehead atoms. The van der Waals surface area contributed by atoms with Crippen LogP contribution in [0.25, 0.3) is 0 Å². The van der Waals surface area contributed by atoms with Gasteiger partial charge in [-0.05, 0) is 25.8 Å². The SMILES string of the molecule is CCc1c(NC(=O)[C@@H]2CN(CC)C[C@H]2c2cn(C)cn2)cnn1C1CCCC1. The highest BCUT2D eigenvalue weighted by atomic mass is 16.2. The molecule has 0 unspecified atom stereocenters. The van der Waals surface area contributed by atoms with Crippen molar-refractivity contribution < 1.29 is 4.79 Å². The molecule has 2 aromatic rings. The van der Waals surface area contributed by atoms with Crippen molar-refractivity contribution >= 4 is 11.6 Å². The molecule has 7 nitrogen and oxygen atoms in total. The van der Waals surface area contributed by atoms with Crippen molar-refractivity contribution in [2.45, 2.75) is 57.9 Å². The van der Waals surface area contributed by atoms with E-state index in [2.05, 4.69) is 38.8 Å². The number of aryl methyl sites for hydroxylation is 1. The molecule has 1 N–H and O–H groups in total. The van der Waals surface area contributed by atoms with Crippen LogP contribution in [0.5, 0.6) is 0 Å². The molecule has 0 aromatic carbocycles. The molecule has 4 rings (SSSR count). The third-order valence-corrected chi connectivity index (χ3v) is 6.45. The first-order chi connectivity index (χ1) is 13.6. The van der Waals surface area contributed by atoms with E-state index in [1.807, 2.05) is 30.3 Å². The van der Waals surface area contributed by atoms with Gasteiger partial charge < -0.3 is 14.8 Å². The lowest BCUT2D eigenvalue weighted by molar-refractivity contribution is -0.119. The van der Waals surface area contributed by atoms with Crippen LogP contribution in [0.2, 0.25) is 0 Å². The smallest absolute Gasteiger partial charge is 0.229 e. The Kier molecular flexibility index (Phi) is 5.53. The maximum atomic E-state index is 13.3. The molecule has 0 radical (unpaired) electrons. The van der Waals surface area contributed by atoms with Crippen molar-refractivity contribution in [3.05, 3.63) is 30.1 Å².